The Hall–Kier alpha value is -2.29. The summed E-state index contributed by atoms with van der Waals surface area (Å²) in [7, 11) is 0. The molecule has 7 nitrogen and oxygen atoms in total. The van der Waals surface area contributed by atoms with Gasteiger partial charge in [-0.25, -0.2) is 4.39 Å². The van der Waals surface area contributed by atoms with Gasteiger partial charge in [0.15, 0.2) is 0 Å². The maximum Gasteiger partial charge on any atom is 0.318 e. The number of carbonyl (C=O) groups is 1. The third-order valence-electron chi connectivity index (χ3n) is 9.46. The highest BCUT2D eigenvalue weighted by Crippen LogP contribution is 2.49. The molecule has 38 heavy (non-hydrogen) atoms. The van der Waals surface area contributed by atoms with Crippen LogP contribution in [-0.2, 0) is 34.6 Å². The van der Waals surface area contributed by atoms with Crippen LogP contribution >= 0.6 is 11.6 Å². The topological polar surface area (TPSA) is 67.8 Å². The van der Waals surface area contributed by atoms with Crippen molar-refractivity contribution in [1.29, 1.82) is 0 Å². The minimum absolute atomic E-state index is 0.265. The lowest BCUT2D eigenvalue weighted by atomic mass is 9.87. The first-order valence-corrected chi connectivity index (χ1v) is 14.4. The maximum atomic E-state index is 14.4. The van der Waals surface area contributed by atoms with Gasteiger partial charge in [0.1, 0.15) is 24.4 Å². The van der Waals surface area contributed by atoms with Crippen LogP contribution in [0.4, 0.5) is 10.2 Å². The van der Waals surface area contributed by atoms with Gasteiger partial charge in [-0.1, -0.05) is 23.7 Å². The van der Waals surface area contributed by atoms with Gasteiger partial charge < -0.3 is 14.4 Å². The number of carbonyl (C=O) groups excluding carboxylic acids is 1. The summed E-state index contributed by atoms with van der Waals surface area (Å²) in [5.74, 6) is 1.11. The molecule has 1 aromatic carbocycles. The zero-order chi connectivity index (χ0) is 25.9. The number of ketones is 1. The second-order valence-electron chi connectivity index (χ2n) is 11.7. The fourth-order valence-electron chi connectivity index (χ4n) is 7.50. The SMILES string of the molecule is O=C1CCCN(c2nc(OC[C@@]34CCCN3CC(F)C4)nc3c2COC2(CCc4c(Cl)cccc42)C3)CC1. The number of hydrogen-bond acceptors (Lipinski definition) is 7. The monoisotopic (exact) mass is 540 g/mol. The van der Waals surface area contributed by atoms with Crippen LogP contribution in [0.25, 0.3) is 0 Å². The summed E-state index contributed by atoms with van der Waals surface area (Å²) in [6, 6.07) is 6.41. The molecular weight excluding hydrogens is 507 g/mol. The zero-order valence-corrected chi connectivity index (χ0v) is 22.4. The number of halogens is 2. The Morgan fingerprint density at radius 2 is 2.03 bits per heavy atom. The molecule has 2 unspecified atom stereocenters. The lowest BCUT2D eigenvalue weighted by molar-refractivity contribution is -0.118. The first-order chi connectivity index (χ1) is 18.4. The summed E-state index contributed by atoms with van der Waals surface area (Å²) >= 11 is 6.54. The standard InChI is InChI=1S/C29H34ClFN4O3/c30-24-6-1-5-23-21(24)7-10-29(23)15-25-22(17-38-29)26(34-11-2-4-20(36)8-13-34)33-27(32-25)37-18-28-9-3-12-35(28)16-19(31)14-28/h1,5-6,19H,2-4,7-18H2/t19?,28-,29?/m0/s1. The molecule has 3 saturated heterocycles. The van der Waals surface area contributed by atoms with Crippen molar-refractivity contribution in [1.82, 2.24) is 14.9 Å². The Bertz CT molecular complexity index is 1280. The maximum absolute atomic E-state index is 14.4. The van der Waals surface area contributed by atoms with Crippen LogP contribution in [0.2, 0.25) is 5.02 Å². The van der Waals surface area contributed by atoms with E-state index in [1.54, 1.807) is 0 Å². The van der Waals surface area contributed by atoms with Gasteiger partial charge in [0.2, 0.25) is 0 Å². The molecule has 5 aliphatic rings. The third-order valence-corrected chi connectivity index (χ3v) is 9.81. The summed E-state index contributed by atoms with van der Waals surface area (Å²) in [6.45, 7) is 3.60. The second kappa shape index (κ2) is 9.42. The molecule has 0 bridgehead atoms. The van der Waals surface area contributed by atoms with E-state index in [9.17, 15) is 9.18 Å². The van der Waals surface area contributed by atoms with Gasteiger partial charge in [0.25, 0.3) is 0 Å². The van der Waals surface area contributed by atoms with Crippen LogP contribution in [-0.4, -0.2) is 65.1 Å². The molecule has 1 spiro atoms. The Morgan fingerprint density at radius 1 is 1.11 bits per heavy atom. The number of ether oxygens (including phenoxy) is 2. The zero-order valence-electron chi connectivity index (χ0n) is 21.7. The number of benzene rings is 1. The molecule has 3 atom stereocenters. The van der Waals surface area contributed by atoms with E-state index in [1.165, 1.54) is 0 Å². The first kappa shape index (κ1) is 24.7. The lowest BCUT2D eigenvalue weighted by Gasteiger charge is -2.37. The average molecular weight is 541 g/mol. The Kier molecular flexibility index (Phi) is 6.13. The van der Waals surface area contributed by atoms with Crippen LogP contribution in [0.15, 0.2) is 18.2 Å². The number of fused-ring (bicyclic) bond motifs is 4. The second-order valence-corrected chi connectivity index (χ2v) is 12.1. The predicted molar refractivity (Wildman–Crippen MR) is 142 cm³/mol. The van der Waals surface area contributed by atoms with Gasteiger partial charge in [-0.05, 0) is 55.8 Å². The van der Waals surface area contributed by atoms with Crippen LogP contribution in [0.1, 0.15) is 67.3 Å². The van der Waals surface area contributed by atoms with Crippen molar-refractivity contribution >= 4 is 23.2 Å². The van der Waals surface area contributed by atoms with E-state index in [4.69, 9.17) is 31.0 Å². The van der Waals surface area contributed by atoms with Crippen molar-refractivity contribution in [2.24, 2.45) is 0 Å². The van der Waals surface area contributed by atoms with Crippen molar-refractivity contribution in [2.45, 2.75) is 81.7 Å². The van der Waals surface area contributed by atoms with Gasteiger partial charge in [0, 0.05) is 55.9 Å². The predicted octanol–water partition coefficient (Wildman–Crippen LogP) is 4.56. The van der Waals surface area contributed by atoms with Gasteiger partial charge in [-0.2, -0.15) is 9.97 Å². The van der Waals surface area contributed by atoms with Crippen LogP contribution in [0.5, 0.6) is 6.01 Å². The molecule has 0 amide bonds. The minimum atomic E-state index is -0.806. The molecule has 7 rings (SSSR count). The molecule has 0 N–H and O–H groups in total. The summed E-state index contributed by atoms with van der Waals surface area (Å²) < 4.78 is 27.3. The normalized spacial score (nSPS) is 30.8. The minimum Gasteiger partial charge on any atom is -0.461 e. The van der Waals surface area contributed by atoms with Crippen molar-refractivity contribution in [2.75, 3.05) is 37.7 Å². The highest BCUT2D eigenvalue weighted by molar-refractivity contribution is 6.31. The number of alkyl halides is 1. The van der Waals surface area contributed by atoms with E-state index in [2.05, 4.69) is 15.9 Å². The van der Waals surface area contributed by atoms with Gasteiger partial charge in [-0.3, -0.25) is 9.69 Å². The summed E-state index contributed by atoms with van der Waals surface area (Å²) in [6.07, 6.45) is 5.99. The van der Waals surface area contributed by atoms with Crippen LogP contribution < -0.4 is 9.64 Å². The molecule has 202 valence electrons. The highest BCUT2D eigenvalue weighted by atomic mass is 35.5. The molecule has 9 heteroatoms. The van der Waals surface area contributed by atoms with Gasteiger partial charge >= 0.3 is 6.01 Å². The van der Waals surface area contributed by atoms with E-state index >= 15 is 0 Å². The molecular formula is C29H34ClFN4O3. The van der Waals surface area contributed by atoms with Crippen molar-refractivity contribution in [3.05, 3.63) is 45.6 Å². The number of anilines is 1. The number of nitrogens with zero attached hydrogens (tertiary/aromatic N) is 4. The lowest BCUT2D eigenvalue weighted by Crippen LogP contribution is -2.43. The Labute approximate surface area is 227 Å². The first-order valence-electron chi connectivity index (χ1n) is 14.0. The molecule has 1 aliphatic carbocycles. The number of aromatic nitrogens is 2. The third kappa shape index (κ3) is 4.11. The number of hydrogen-bond donors (Lipinski definition) is 0. The van der Waals surface area contributed by atoms with Crippen molar-refractivity contribution in [3.63, 3.8) is 0 Å². The molecule has 5 heterocycles. The van der Waals surface area contributed by atoms with Gasteiger partial charge in [-0.15, -0.1) is 0 Å². The summed E-state index contributed by atoms with van der Waals surface area (Å²) in [5.41, 5.74) is 3.52. The largest absolute Gasteiger partial charge is 0.461 e. The molecule has 3 fully saturated rings. The molecule has 4 aliphatic heterocycles. The number of Topliss-reactive ketones (excluding diaryl/α,β-unsaturated/α-hetero) is 1. The van der Waals surface area contributed by atoms with Crippen LogP contribution in [0, 0.1) is 0 Å². The smallest absolute Gasteiger partial charge is 0.318 e. The van der Waals surface area contributed by atoms with Crippen LogP contribution in [0.3, 0.4) is 0 Å². The molecule has 2 aromatic rings. The van der Waals surface area contributed by atoms with E-state index in [0.29, 0.717) is 63.8 Å². The van der Waals surface area contributed by atoms with Crippen molar-refractivity contribution < 1.29 is 18.7 Å². The fourth-order valence-corrected chi connectivity index (χ4v) is 7.77. The average Bonchev–Trinajstić information content (AvgIpc) is 3.49. The Morgan fingerprint density at radius 3 is 2.95 bits per heavy atom. The molecule has 1 aromatic heterocycles. The fraction of sp³-hybridized carbons (Fsp3) is 0.621. The van der Waals surface area contributed by atoms with Crippen molar-refractivity contribution in [3.8, 4) is 6.01 Å². The van der Waals surface area contributed by atoms with E-state index in [-0.39, 0.29) is 5.54 Å². The molecule has 0 saturated carbocycles. The summed E-state index contributed by atoms with van der Waals surface area (Å²) in [4.78, 5) is 26.5. The van der Waals surface area contributed by atoms with Gasteiger partial charge in [0.05, 0.1) is 23.4 Å². The van der Waals surface area contributed by atoms with E-state index in [0.717, 1.165) is 78.4 Å². The molecule has 0 radical (unpaired) electrons. The van der Waals surface area contributed by atoms with E-state index < -0.39 is 11.8 Å². The quantitative estimate of drug-likeness (QED) is 0.563. The van der Waals surface area contributed by atoms with E-state index in [1.807, 2.05) is 12.1 Å². The Balaban J connectivity index is 1.23. The summed E-state index contributed by atoms with van der Waals surface area (Å²) in [5, 5.41) is 0.790. The number of rotatable bonds is 4. The highest BCUT2D eigenvalue weighted by Gasteiger charge is 2.50.